The molecule has 1 saturated heterocycles. The van der Waals surface area contributed by atoms with E-state index in [4.69, 9.17) is 17.3 Å². The van der Waals surface area contributed by atoms with Gasteiger partial charge >= 0.3 is 0 Å². The van der Waals surface area contributed by atoms with Gasteiger partial charge in [0.1, 0.15) is 0 Å². The van der Waals surface area contributed by atoms with Gasteiger partial charge in [0.05, 0.1) is 0 Å². The fourth-order valence-electron chi connectivity index (χ4n) is 2.68. The fourth-order valence-corrected chi connectivity index (χ4v) is 2.84. The number of hydrogen-bond donors (Lipinski definition) is 1. The van der Waals surface area contributed by atoms with E-state index in [2.05, 4.69) is 35.8 Å². The van der Waals surface area contributed by atoms with Crippen molar-refractivity contribution in [1.82, 2.24) is 4.90 Å². The topological polar surface area (TPSA) is 32.5 Å². The van der Waals surface area contributed by atoms with E-state index in [0.29, 0.717) is 12.6 Å². The SMILES string of the molecule is CC(C)N1CCN(c2cc(Cl)ccc2CCN)CC1. The summed E-state index contributed by atoms with van der Waals surface area (Å²) in [6.07, 6.45) is 0.914. The predicted molar refractivity (Wildman–Crippen MR) is 83.1 cm³/mol. The first-order valence-corrected chi connectivity index (χ1v) is 7.47. The number of rotatable bonds is 4. The van der Waals surface area contributed by atoms with Crippen LogP contribution in [-0.2, 0) is 6.42 Å². The zero-order valence-electron chi connectivity index (χ0n) is 11.9. The smallest absolute Gasteiger partial charge is 0.0426 e. The number of benzene rings is 1. The van der Waals surface area contributed by atoms with Gasteiger partial charge in [-0.2, -0.15) is 0 Å². The van der Waals surface area contributed by atoms with Crippen molar-refractivity contribution >= 4 is 17.3 Å². The molecule has 0 saturated carbocycles. The Morgan fingerprint density at radius 2 is 1.89 bits per heavy atom. The van der Waals surface area contributed by atoms with Crippen molar-refractivity contribution in [1.29, 1.82) is 0 Å². The molecule has 0 radical (unpaired) electrons. The van der Waals surface area contributed by atoms with Crippen LogP contribution in [0.25, 0.3) is 0 Å². The predicted octanol–water partition coefficient (Wildman–Crippen LogP) is 2.37. The summed E-state index contributed by atoms with van der Waals surface area (Å²) in [6, 6.07) is 6.78. The first-order valence-electron chi connectivity index (χ1n) is 7.09. The summed E-state index contributed by atoms with van der Waals surface area (Å²) in [5.74, 6) is 0. The zero-order valence-corrected chi connectivity index (χ0v) is 12.7. The van der Waals surface area contributed by atoms with E-state index in [0.717, 1.165) is 37.6 Å². The molecule has 1 aliphatic heterocycles. The zero-order chi connectivity index (χ0) is 13.8. The quantitative estimate of drug-likeness (QED) is 0.920. The number of anilines is 1. The lowest BCUT2D eigenvalue weighted by Gasteiger charge is -2.39. The Bertz CT molecular complexity index is 412. The molecule has 2 N–H and O–H groups in total. The Morgan fingerprint density at radius 1 is 1.21 bits per heavy atom. The van der Waals surface area contributed by atoms with Gasteiger partial charge in [-0.05, 0) is 44.5 Å². The Kier molecular flexibility index (Phi) is 5.08. The number of hydrogen-bond acceptors (Lipinski definition) is 3. The van der Waals surface area contributed by atoms with Crippen LogP contribution in [0.5, 0.6) is 0 Å². The minimum atomic E-state index is 0.630. The van der Waals surface area contributed by atoms with Gasteiger partial charge in [0.15, 0.2) is 0 Å². The normalized spacial score (nSPS) is 17.2. The highest BCUT2D eigenvalue weighted by Gasteiger charge is 2.20. The third kappa shape index (κ3) is 3.62. The van der Waals surface area contributed by atoms with Crippen molar-refractivity contribution in [2.45, 2.75) is 26.3 Å². The van der Waals surface area contributed by atoms with Gasteiger partial charge in [0, 0.05) is 42.9 Å². The Labute approximate surface area is 121 Å². The summed E-state index contributed by atoms with van der Waals surface area (Å²) in [6.45, 7) is 9.56. The van der Waals surface area contributed by atoms with Crippen molar-refractivity contribution in [3.8, 4) is 0 Å². The highest BCUT2D eigenvalue weighted by Crippen LogP contribution is 2.26. The molecule has 0 spiro atoms. The van der Waals surface area contributed by atoms with Crippen LogP contribution in [0.15, 0.2) is 18.2 Å². The maximum Gasteiger partial charge on any atom is 0.0426 e. The van der Waals surface area contributed by atoms with E-state index in [9.17, 15) is 0 Å². The molecule has 4 heteroatoms. The molecule has 106 valence electrons. The fraction of sp³-hybridized carbons (Fsp3) is 0.600. The molecular formula is C15H24ClN3. The lowest BCUT2D eigenvalue weighted by atomic mass is 10.1. The third-order valence-corrected chi connectivity index (χ3v) is 4.08. The van der Waals surface area contributed by atoms with Crippen LogP contribution in [0, 0.1) is 0 Å². The molecule has 0 amide bonds. The minimum absolute atomic E-state index is 0.630. The van der Waals surface area contributed by atoms with Gasteiger partial charge in [0.2, 0.25) is 0 Å². The van der Waals surface area contributed by atoms with Crippen LogP contribution in [0.4, 0.5) is 5.69 Å². The van der Waals surface area contributed by atoms with Gasteiger partial charge in [-0.25, -0.2) is 0 Å². The van der Waals surface area contributed by atoms with E-state index in [1.165, 1.54) is 11.3 Å². The minimum Gasteiger partial charge on any atom is -0.369 e. The Morgan fingerprint density at radius 3 is 2.47 bits per heavy atom. The van der Waals surface area contributed by atoms with Crippen LogP contribution in [0.3, 0.4) is 0 Å². The molecule has 1 aromatic carbocycles. The molecule has 0 unspecified atom stereocenters. The molecule has 2 rings (SSSR count). The molecular weight excluding hydrogens is 258 g/mol. The summed E-state index contributed by atoms with van der Waals surface area (Å²) in [7, 11) is 0. The number of nitrogens with two attached hydrogens (primary N) is 1. The molecule has 0 aliphatic carbocycles. The van der Waals surface area contributed by atoms with Crippen LogP contribution in [0.2, 0.25) is 5.02 Å². The first kappa shape index (κ1) is 14.6. The van der Waals surface area contributed by atoms with Gasteiger partial charge in [-0.15, -0.1) is 0 Å². The van der Waals surface area contributed by atoms with Crippen LogP contribution in [-0.4, -0.2) is 43.7 Å². The molecule has 3 nitrogen and oxygen atoms in total. The van der Waals surface area contributed by atoms with Crippen LogP contribution >= 0.6 is 11.6 Å². The third-order valence-electron chi connectivity index (χ3n) is 3.85. The average molecular weight is 282 g/mol. The van der Waals surface area contributed by atoms with Crippen molar-refractivity contribution in [3.05, 3.63) is 28.8 Å². The van der Waals surface area contributed by atoms with Gasteiger partial charge in [-0.1, -0.05) is 17.7 Å². The molecule has 1 fully saturated rings. The van der Waals surface area contributed by atoms with E-state index >= 15 is 0 Å². The van der Waals surface area contributed by atoms with Crippen molar-refractivity contribution in [2.24, 2.45) is 5.73 Å². The molecule has 1 heterocycles. The average Bonchev–Trinajstić information content (AvgIpc) is 2.41. The second-order valence-electron chi connectivity index (χ2n) is 5.43. The van der Waals surface area contributed by atoms with E-state index in [1.807, 2.05) is 6.07 Å². The van der Waals surface area contributed by atoms with Crippen molar-refractivity contribution < 1.29 is 0 Å². The lowest BCUT2D eigenvalue weighted by Crippen LogP contribution is -2.49. The highest BCUT2D eigenvalue weighted by molar-refractivity contribution is 6.30. The van der Waals surface area contributed by atoms with Crippen molar-refractivity contribution in [2.75, 3.05) is 37.6 Å². The molecule has 0 atom stereocenters. The highest BCUT2D eigenvalue weighted by atomic mass is 35.5. The van der Waals surface area contributed by atoms with Crippen LogP contribution in [0.1, 0.15) is 19.4 Å². The Hall–Kier alpha value is -0.770. The van der Waals surface area contributed by atoms with Crippen LogP contribution < -0.4 is 10.6 Å². The second kappa shape index (κ2) is 6.60. The first-order chi connectivity index (χ1) is 9.11. The Balaban J connectivity index is 2.12. The molecule has 1 aromatic rings. The lowest BCUT2D eigenvalue weighted by molar-refractivity contribution is 0.209. The summed E-state index contributed by atoms with van der Waals surface area (Å²) in [5, 5.41) is 0.807. The number of piperazine rings is 1. The molecule has 0 aromatic heterocycles. The summed E-state index contributed by atoms with van der Waals surface area (Å²) in [4.78, 5) is 4.96. The molecule has 0 bridgehead atoms. The summed E-state index contributed by atoms with van der Waals surface area (Å²) < 4.78 is 0. The maximum absolute atomic E-state index is 6.15. The molecule has 19 heavy (non-hydrogen) atoms. The number of nitrogens with zero attached hydrogens (tertiary/aromatic N) is 2. The maximum atomic E-state index is 6.15. The number of halogens is 1. The van der Waals surface area contributed by atoms with Gasteiger partial charge in [-0.3, -0.25) is 4.90 Å². The summed E-state index contributed by atoms with van der Waals surface area (Å²) in [5.41, 5.74) is 8.27. The van der Waals surface area contributed by atoms with E-state index in [-0.39, 0.29) is 0 Å². The summed E-state index contributed by atoms with van der Waals surface area (Å²) >= 11 is 6.15. The monoisotopic (exact) mass is 281 g/mol. The van der Waals surface area contributed by atoms with Gasteiger partial charge in [0.25, 0.3) is 0 Å². The standard InChI is InChI=1S/C15H24ClN3/c1-12(2)18-7-9-19(10-8-18)15-11-14(16)4-3-13(15)5-6-17/h3-4,11-12H,5-10,17H2,1-2H3. The largest absolute Gasteiger partial charge is 0.369 e. The second-order valence-corrected chi connectivity index (χ2v) is 5.86. The molecule has 1 aliphatic rings. The van der Waals surface area contributed by atoms with E-state index in [1.54, 1.807) is 0 Å². The van der Waals surface area contributed by atoms with E-state index < -0.39 is 0 Å². The van der Waals surface area contributed by atoms with Crippen molar-refractivity contribution in [3.63, 3.8) is 0 Å². The van der Waals surface area contributed by atoms with Gasteiger partial charge < -0.3 is 10.6 Å².